The van der Waals surface area contributed by atoms with Crippen molar-refractivity contribution >= 4 is 45.3 Å². The fourth-order valence-corrected chi connectivity index (χ4v) is 4.16. The van der Waals surface area contributed by atoms with Gasteiger partial charge in [0.1, 0.15) is 0 Å². The van der Waals surface area contributed by atoms with Crippen LogP contribution in [0.2, 0.25) is 0 Å². The molecule has 1 aromatic carbocycles. The predicted molar refractivity (Wildman–Crippen MR) is 134 cm³/mol. The second kappa shape index (κ2) is 8.32. The van der Waals surface area contributed by atoms with Crippen molar-refractivity contribution in [2.75, 3.05) is 17.3 Å². The number of aromatic nitrogens is 6. The number of hydrogen-bond donors (Lipinski definition) is 1. The second-order valence-corrected chi connectivity index (χ2v) is 8.48. The number of pyridine rings is 2. The van der Waals surface area contributed by atoms with E-state index in [1.807, 2.05) is 27.9 Å². The molecule has 176 valence electrons. The Hall–Kier alpha value is -4.60. The maximum atomic E-state index is 13.2. The molecule has 0 fully saturated rings. The van der Waals surface area contributed by atoms with Crippen LogP contribution in [0.15, 0.2) is 48.8 Å². The van der Waals surface area contributed by atoms with E-state index >= 15 is 0 Å². The van der Waals surface area contributed by atoms with E-state index in [0.717, 1.165) is 33.5 Å². The fourth-order valence-electron chi connectivity index (χ4n) is 4.16. The number of anilines is 2. The van der Waals surface area contributed by atoms with Crippen molar-refractivity contribution in [2.24, 2.45) is 14.1 Å². The van der Waals surface area contributed by atoms with E-state index in [4.69, 9.17) is 0 Å². The molecule has 5 aromatic rings. The molecule has 0 saturated carbocycles. The van der Waals surface area contributed by atoms with E-state index in [9.17, 15) is 9.59 Å². The Labute approximate surface area is 201 Å². The van der Waals surface area contributed by atoms with Crippen LogP contribution in [-0.4, -0.2) is 48.4 Å². The van der Waals surface area contributed by atoms with E-state index < -0.39 is 0 Å². The smallest absolute Gasteiger partial charge is 0.259 e. The van der Waals surface area contributed by atoms with Crippen LogP contribution < -0.4 is 10.2 Å². The molecule has 10 nitrogen and oxygen atoms in total. The zero-order chi connectivity index (χ0) is 24.9. The zero-order valence-corrected chi connectivity index (χ0v) is 20.1. The minimum absolute atomic E-state index is 0.215. The van der Waals surface area contributed by atoms with E-state index in [1.165, 1.54) is 11.1 Å². The van der Waals surface area contributed by atoms with E-state index in [1.54, 1.807) is 59.0 Å². The first-order chi connectivity index (χ1) is 16.7. The lowest BCUT2D eigenvalue weighted by Gasteiger charge is -2.18. The number of fused-ring (bicyclic) bond motifs is 2. The number of nitrogens with one attached hydrogen (secondary N) is 1. The summed E-state index contributed by atoms with van der Waals surface area (Å²) in [5.41, 5.74) is 5.13. The molecular weight excluding hydrogens is 444 g/mol. The second-order valence-electron chi connectivity index (χ2n) is 8.48. The molecule has 0 aliphatic carbocycles. The molecule has 4 aromatic heterocycles. The van der Waals surface area contributed by atoms with Gasteiger partial charge < -0.3 is 10.2 Å². The summed E-state index contributed by atoms with van der Waals surface area (Å²) >= 11 is 0. The van der Waals surface area contributed by atoms with Gasteiger partial charge in [-0.25, -0.2) is 9.97 Å². The highest BCUT2D eigenvalue weighted by molar-refractivity contribution is 6.08. The van der Waals surface area contributed by atoms with Crippen molar-refractivity contribution in [2.45, 2.75) is 13.8 Å². The van der Waals surface area contributed by atoms with Crippen molar-refractivity contribution in [3.05, 3.63) is 71.3 Å². The number of amides is 2. The molecule has 0 saturated heterocycles. The SMILES string of the molecule is Cc1nn(C)c2ncc(C(=O)Nc3cccc(N(C)C(=O)c4cnc5c(c4)c(C)nn5C)c3)cc12. The van der Waals surface area contributed by atoms with Crippen molar-refractivity contribution < 1.29 is 9.59 Å². The third kappa shape index (κ3) is 3.88. The third-order valence-electron chi connectivity index (χ3n) is 6.03. The zero-order valence-electron chi connectivity index (χ0n) is 20.1. The maximum absolute atomic E-state index is 13.2. The third-order valence-corrected chi connectivity index (χ3v) is 6.03. The highest BCUT2D eigenvalue weighted by atomic mass is 16.2. The molecule has 0 aliphatic rings. The van der Waals surface area contributed by atoms with Crippen LogP contribution in [0.1, 0.15) is 32.1 Å². The number of hydrogen-bond acceptors (Lipinski definition) is 6. The van der Waals surface area contributed by atoms with Crippen LogP contribution in [0.4, 0.5) is 11.4 Å². The minimum atomic E-state index is -0.296. The Bertz CT molecular complexity index is 1630. The van der Waals surface area contributed by atoms with Gasteiger partial charge in [-0.05, 0) is 44.2 Å². The Morgan fingerprint density at radius 1 is 0.857 bits per heavy atom. The Kier molecular flexibility index (Phi) is 5.28. The average molecular weight is 469 g/mol. The lowest BCUT2D eigenvalue weighted by molar-refractivity contribution is 0.0991. The first kappa shape index (κ1) is 22.2. The first-order valence-corrected chi connectivity index (χ1v) is 11.0. The summed E-state index contributed by atoms with van der Waals surface area (Å²) in [7, 11) is 5.33. The van der Waals surface area contributed by atoms with Gasteiger partial charge in [0.25, 0.3) is 11.8 Å². The van der Waals surface area contributed by atoms with Crippen LogP contribution in [0.5, 0.6) is 0 Å². The number of aryl methyl sites for hydroxylation is 4. The minimum Gasteiger partial charge on any atom is -0.322 e. The maximum Gasteiger partial charge on any atom is 0.259 e. The molecular formula is C25H24N8O2. The van der Waals surface area contributed by atoms with Crippen molar-refractivity contribution in [1.29, 1.82) is 0 Å². The van der Waals surface area contributed by atoms with Gasteiger partial charge in [-0.1, -0.05) is 6.07 Å². The van der Waals surface area contributed by atoms with Gasteiger partial charge in [-0.15, -0.1) is 0 Å². The van der Waals surface area contributed by atoms with Gasteiger partial charge in [-0.3, -0.25) is 19.0 Å². The quantitative estimate of drug-likeness (QED) is 0.433. The number of carbonyl (C=O) groups is 2. The standard InChI is InChI=1S/C25H24N8O2/c1-14-20-9-16(12-26-22(20)32(4)29-14)24(34)28-18-7-6-8-19(11-18)31(3)25(35)17-10-21-15(2)30-33(5)23(21)27-13-17/h6-13H,1-5H3,(H,28,34). The number of benzene rings is 1. The van der Waals surface area contributed by atoms with E-state index in [-0.39, 0.29) is 11.8 Å². The fraction of sp³-hybridized carbons (Fsp3) is 0.200. The first-order valence-electron chi connectivity index (χ1n) is 11.0. The Morgan fingerprint density at radius 3 is 2.06 bits per heavy atom. The summed E-state index contributed by atoms with van der Waals surface area (Å²) in [6, 6.07) is 10.7. The van der Waals surface area contributed by atoms with Gasteiger partial charge in [0.15, 0.2) is 11.3 Å². The molecule has 35 heavy (non-hydrogen) atoms. The molecule has 0 aliphatic heterocycles. The van der Waals surface area contributed by atoms with Crippen molar-refractivity contribution in [3.8, 4) is 0 Å². The summed E-state index contributed by atoms with van der Waals surface area (Å²) < 4.78 is 3.38. The van der Waals surface area contributed by atoms with Crippen LogP contribution in [0.3, 0.4) is 0 Å². The molecule has 0 spiro atoms. The molecule has 4 heterocycles. The van der Waals surface area contributed by atoms with Gasteiger partial charge in [0.2, 0.25) is 0 Å². The highest BCUT2D eigenvalue weighted by Gasteiger charge is 2.18. The monoisotopic (exact) mass is 468 g/mol. The largest absolute Gasteiger partial charge is 0.322 e. The average Bonchev–Trinajstić information content (AvgIpc) is 3.31. The summed E-state index contributed by atoms with van der Waals surface area (Å²) in [6.45, 7) is 3.77. The summed E-state index contributed by atoms with van der Waals surface area (Å²) in [4.78, 5) is 36.4. The molecule has 0 atom stereocenters. The van der Waals surface area contributed by atoms with E-state index in [0.29, 0.717) is 22.5 Å². The lowest BCUT2D eigenvalue weighted by atomic mass is 10.1. The summed E-state index contributed by atoms with van der Waals surface area (Å²) in [5, 5.41) is 13.3. The number of nitrogens with zero attached hydrogens (tertiary/aromatic N) is 7. The lowest BCUT2D eigenvalue weighted by Crippen LogP contribution is -2.26. The van der Waals surface area contributed by atoms with Crippen LogP contribution >= 0.6 is 0 Å². The number of rotatable bonds is 4. The van der Waals surface area contributed by atoms with Crippen LogP contribution in [0, 0.1) is 13.8 Å². The Balaban J connectivity index is 1.37. The number of carbonyl (C=O) groups excluding carboxylic acids is 2. The molecule has 1 N–H and O–H groups in total. The van der Waals surface area contributed by atoms with Crippen LogP contribution in [0.25, 0.3) is 22.1 Å². The molecule has 2 amide bonds. The molecule has 10 heteroatoms. The molecule has 0 unspecified atom stereocenters. The normalized spacial score (nSPS) is 11.2. The molecule has 0 radical (unpaired) electrons. The van der Waals surface area contributed by atoms with Gasteiger partial charge in [-0.2, -0.15) is 10.2 Å². The van der Waals surface area contributed by atoms with Crippen molar-refractivity contribution in [3.63, 3.8) is 0 Å². The van der Waals surface area contributed by atoms with E-state index in [2.05, 4.69) is 25.5 Å². The predicted octanol–water partition coefficient (Wildman–Crippen LogP) is 3.40. The van der Waals surface area contributed by atoms with Gasteiger partial charge in [0.05, 0.1) is 22.5 Å². The highest BCUT2D eigenvalue weighted by Crippen LogP contribution is 2.23. The van der Waals surface area contributed by atoms with Gasteiger partial charge in [0, 0.05) is 55.7 Å². The summed E-state index contributed by atoms with van der Waals surface area (Å²) in [6.07, 6.45) is 3.08. The summed E-state index contributed by atoms with van der Waals surface area (Å²) in [5.74, 6) is -0.511. The van der Waals surface area contributed by atoms with Crippen LogP contribution in [-0.2, 0) is 14.1 Å². The Morgan fingerprint density at radius 2 is 1.43 bits per heavy atom. The van der Waals surface area contributed by atoms with Crippen molar-refractivity contribution in [1.82, 2.24) is 29.5 Å². The topological polar surface area (TPSA) is 111 Å². The molecule has 0 bridgehead atoms. The van der Waals surface area contributed by atoms with Gasteiger partial charge >= 0.3 is 0 Å². The molecule has 5 rings (SSSR count).